The number of amides is 3. The Balaban J connectivity index is 1.95. The zero-order valence-electron chi connectivity index (χ0n) is 18.8. The van der Waals surface area contributed by atoms with E-state index in [1.165, 1.54) is 36.1 Å². The fourth-order valence-corrected chi connectivity index (χ4v) is 3.66. The third kappa shape index (κ3) is 7.44. The molecule has 0 spiro atoms. The SMILES string of the molecule is CC(NC(=O)C1CCCN1C(=O)C(N)CCC(=O)O)C(=O)NC(Cc1ccc(O)cc1)C(=O)O. The molecule has 0 saturated carbocycles. The van der Waals surface area contributed by atoms with Crippen LogP contribution in [0.2, 0.25) is 0 Å². The summed E-state index contributed by atoms with van der Waals surface area (Å²) in [4.78, 5) is 61.5. The molecule has 0 radical (unpaired) electrons. The van der Waals surface area contributed by atoms with E-state index in [1.54, 1.807) is 0 Å². The quantitative estimate of drug-likeness (QED) is 0.235. The number of aliphatic carboxylic acids is 2. The fourth-order valence-electron chi connectivity index (χ4n) is 3.66. The number of phenols is 1. The minimum Gasteiger partial charge on any atom is -0.508 e. The normalized spacial score (nSPS) is 17.9. The van der Waals surface area contributed by atoms with Crippen molar-refractivity contribution in [2.45, 2.75) is 63.2 Å². The summed E-state index contributed by atoms with van der Waals surface area (Å²) in [5.74, 6) is -4.14. The molecule has 1 saturated heterocycles. The van der Waals surface area contributed by atoms with Gasteiger partial charge in [-0.25, -0.2) is 4.79 Å². The van der Waals surface area contributed by atoms with Gasteiger partial charge >= 0.3 is 11.9 Å². The van der Waals surface area contributed by atoms with Crippen LogP contribution in [0.3, 0.4) is 0 Å². The molecular formula is C22H30N4O8. The molecule has 0 aromatic heterocycles. The summed E-state index contributed by atoms with van der Waals surface area (Å²) in [5, 5.41) is 32.4. The molecule has 1 aliphatic rings. The van der Waals surface area contributed by atoms with Gasteiger partial charge in [0.05, 0.1) is 6.04 Å². The summed E-state index contributed by atoms with van der Waals surface area (Å²) in [7, 11) is 0. The smallest absolute Gasteiger partial charge is 0.326 e. The van der Waals surface area contributed by atoms with Crippen LogP contribution in [-0.4, -0.2) is 80.6 Å². The molecule has 1 fully saturated rings. The number of carboxylic acid groups (broad SMARTS) is 2. The van der Waals surface area contributed by atoms with Crippen LogP contribution in [0.5, 0.6) is 5.75 Å². The van der Waals surface area contributed by atoms with Gasteiger partial charge in [0.1, 0.15) is 23.9 Å². The maximum Gasteiger partial charge on any atom is 0.326 e. The Labute approximate surface area is 196 Å². The first-order valence-corrected chi connectivity index (χ1v) is 10.9. The molecule has 1 aliphatic heterocycles. The first-order valence-electron chi connectivity index (χ1n) is 10.9. The number of carbonyl (C=O) groups excluding carboxylic acids is 3. The maximum absolute atomic E-state index is 12.7. The Morgan fingerprint density at radius 3 is 2.35 bits per heavy atom. The molecular weight excluding hydrogens is 448 g/mol. The topological polar surface area (TPSA) is 199 Å². The molecule has 3 amide bonds. The molecule has 12 heteroatoms. The number of phenolic OH excluding ortho intramolecular Hbond substituents is 1. The number of rotatable bonds is 11. The lowest BCUT2D eigenvalue weighted by Gasteiger charge is -2.27. The molecule has 1 aromatic rings. The third-order valence-electron chi connectivity index (χ3n) is 5.57. The number of nitrogens with one attached hydrogen (secondary N) is 2. The number of benzene rings is 1. The van der Waals surface area contributed by atoms with Crippen LogP contribution >= 0.6 is 0 Å². The molecule has 34 heavy (non-hydrogen) atoms. The first-order chi connectivity index (χ1) is 16.0. The number of carbonyl (C=O) groups is 5. The van der Waals surface area contributed by atoms with E-state index in [4.69, 9.17) is 10.8 Å². The van der Waals surface area contributed by atoms with Gasteiger partial charge in [0, 0.05) is 19.4 Å². The highest BCUT2D eigenvalue weighted by Crippen LogP contribution is 2.19. The van der Waals surface area contributed by atoms with Crippen LogP contribution in [-0.2, 0) is 30.4 Å². The molecule has 4 atom stereocenters. The predicted molar refractivity (Wildman–Crippen MR) is 119 cm³/mol. The monoisotopic (exact) mass is 478 g/mol. The van der Waals surface area contributed by atoms with Crippen molar-refractivity contribution in [2.75, 3.05) is 6.54 Å². The van der Waals surface area contributed by atoms with Gasteiger partial charge in [0.2, 0.25) is 17.7 Å². The van der Waals surface area contributed by atoms with Crippen molar-refractivity contribution in [1.82, 2.24) is 15.5 Å². The van der Waals surface area contributed by atoms with Gasteiger partial charge < -0.3 is 36.6 Å². The van der Waals surface area contributed by atoms with E-state index in [9.17, 15) is 34.2 Å². The van der Waals surface area contributed by atoms with E-state index in [0.717, 1.165) is 0 Å². The standard InChI is InChI=1S/C22H30N4O8/c1-12(19(30)25-16(22(33)34)11-13-4-6-14(27)7-5-13)24-20(31)17-3-2-10-26(17)21(32)15(23)8-9-18(28)29/h4-7,12,15-17,27H,2-3,8-11,23H2,1H3,(H,24,31)(H,25,30)(H,28,29)(H,33,34). The summed E-state index contributed by atoms with van der Waals surface area (Å²) >= 11 is 0. The van der Waals surface area contributed by atoms with E-state index in [0.29, 0.717) is 18.4 Å². The Hall–Kier alpha value is -3.67. The second-order valence-corrected chi connectivity index (χ2v) is 8.23. The van der Waals surface area contributed by atoms with Crippen molar-refractivity contribution < 1.29 is 39.3 Å². The maximum atomic E-state index is 12.7. The molecule has 4 unspecified atom stereocenters. The lowest BCUT2D eigenvalue weighted by molar-refractivity contribution is -0.143. The van der Waals surface area contributed by atoms with Gasteiger partial charge in [-0.15, -0.1) is 0 Å². The van der Waals surface area contributed by atoms with Gasteiger partial charge in [-0.2, -0.15) is 0 Å². The molecule has 0 bridgehead atoms. The fraction of sp³-hybridized carbons (Fsp3) is 0.500. The number of hydrogen-bond acceptors (Lipinski definition) is 7. The highest BCUT2D eigenvalue weighted by Gasteiger charge is 2.37. The Morgan fingerprint density at radius 1 is 1.12 bits per heavy atom. The average Bonchev–Trinajstić information content (AvgIpc) is 3.27. The minimum absolute atomic E-state index is 0.0262. The van der Waals surface area contributed by atoms with Gasteiger partial charge in [0.15, 0.2) is 0 Å². The molecule has 2 rings (SSSR count). The summed E-state index contributed by atoms with van der Waals surface area (Å²) in [6, 6.07) is 1.64. The van der Waals surface area contributed by atoms with Gasteiger partial charge in [-0.1, -0.05) is 12.1 Å². The summed E-state index contributed by atoms with van der Waals surface area (Å²) in [5.41, 5.74) is 6.38. The van der Waals surface area contributed by atoms with Crippen LogP contribution in [0.15, 0.2) is 24.3 Å². The van der Waals surface area contributed by atoms with E-state index >= 15 is 0 Å². The van der Waals surface area contributed by atoms with Crippen molar-refractivity contribution in [3.8, 4) is 5.75 Å². The van der Waals surface area contributed by atoms with Crippen LogP contribution in [0.25, 0.3) is 0 Å². The highest BCUT2D eigenvalue weighted by molar-refractivity contribution is 5.94. The Bertz CT molecular complexity index is 920. The number of hydrogen-bond donors (Lipinski definition) is 6. The van der Waals surface area contributed by atoms with E-state index < -0.39 is 53.8 Å². The lowest BCUT2D eigenvalue weighted by atomic mass is 10.1. The van der Waals surface area contributed by atoms with Crippen LogP contribution in [0, 0.1) is 0 Å². The number of nitrogens with two attached hydrogens (primary N) is 1. The average molecular weight is 479 g/mol. The Morgan fingerprint density at radius 2 is 1.76 bits per heavy atom. The molecule has 1 aromatic carbocycles. The van der Waals surface area contributed by atoms with Crippen molar-refractivity contribution in [2.24, 2.45) is 5.73 Å². The predicted octanol–water partition coefficient (Wildman–Crippen LogP) is -0.808. The van der Waals surface area contributed by atoms with Crippen LogP contribution < -0.4 is 16.4 Å². The molecule has 7 N–H and O–H groups in total. The summed E-state index contributed by atoms with van der Waals surface area (Å²) in [6.07, 6.45) is 0.542. The Kier molecular flexibility index (Phi) is 9.36. The van der Waals surface area contributed by atoms with Crippen molar-refractivity contribution >= 4 is 29.7 Å². The van der Waals surface area contributed by atoms with Crippen LogP contribution in [0.1, 0.15) is 38.2 Å². The van der Waals surface area contributed by atoms with Gasteiger partial charge in [-0.05, 0) is 43.9 Å². The second-order valence-electron chi connectivity index (χ2n) is 8.23. The number of aromatic hydroxyl groups is 1. The van der Waals surface area contributed by atoms with E-state index in [2.05, 4.69) is 10.6 Å². The molecule has 186 valence electrons. The molecule has 12 nitrogen and oxygen atoms in total. The molecule has 1 heterocycles. The zero-order chi connectivity index (χ0) is 25.4. The van der Waals surface area contributed by atoms with E-state index in [-0.39, 0.29) is 31.6 Å². The highest BCUT2D eigenvalue weighted by atomic mass is 16.4. The van der Waals surface area contributed by atoms with Crippen molar-refractivity contribution in [1.29, 1.82) is 0 Å². The van der Waals surface area contributed by atoms with Crippen molar-refractivity contribution in [3.05, 3.63) is 29.8 Å². The van der Waals surface area contributed by atoms with Crippen LogP contribution in [0.4, 0.5) is 0 Å². The van der Waals surface area contributed by atoms with Crippen molar-refractivity contribution in [3.63, 3.8) is 0 Å². The number of nitrogens with zero attached hydrogens (tertiary/aromatic N) is 1. The minimum atomic E-state index is -1.26. The largest absolute Gasteiger partial charge is 0.508 e. The zero-order valence-corrected chi connectivity index (χ0v) is 18.8. The first kappa shape index (κ1) is 26.6. The third-order valence-corrected chi connectivity index (χ3v) is 5.57. The summed E-state index contributed by atoms with van der Waals surface area (Å²) < 4.78 is 0. The van der Waals surface area contributed by atoms with Gasteiger partial charge in [-0.3, -0.25) is 19.2 Å². The molecule has 0 aliphatic carbocycles. The van der Waals surface area contributed by atoms with Gasteiger partial charge in [0.25, 0.3) is 0 Å². The number of carboxylic acids is 2. The van der Waals surface area contributed by atoms with E-state index in [1.807, 2.05) is 0 Å². The lowest BCUT2D eigenvalue weighted by Crippen LogP contribution is -2.56. The second kappa shape index (κ2) is 12.0. The summed E-state index contributed by atoms with van der Waals surface area (Å²) in [6.45, 7) is 1.68. The number of likely N-dealkylation sites (tertiary alicyclic amines) is 1.